The van der Waals surface area contributed by atoms with Gasteiger partial charge in [0.2, 0.25) is 11.8 Å². The van der Waals surface area contributed by atoms with Crippen molar-refractivity contribution in [2.45, 2.75) is 40.2 Å². The number of amides is 2. The van der Waals surface area contributed by atoms with Crippen LogP contribution in [-0.4, -0.2) is 36.3 Å². The van der Waals surface area contributed by atoms with E-state index in [4.69, 9.17) is 5.73 Å². The number of likely N-dealkylation sites (N-methyl/N-ethyl adjacent to an activating group) is 1. The zero-order valence-electron chi connectivity index (χ0n) is 14.6. The average molecular weight is 342 g/mol. The molecule has 0 aliphatic heterocycles. The molecule has 130 valence electrons. The standard InChI is InChI=1S/C17H27N3O2.ClH/c1-6-11(2)15(18)17(22)20(5)10-14(21)19-16-12(3)8-7-9-13(16)4;/h7-9,11,15H,6,10,18H2,1-5H3,(H,19,21);1H. The molecule has 3 N–H and O–H groups in total. The SMILES string of the molecule is CCC(C)C(N)C(=O)N(C)CC(=O)Nc1c(C)cccc1C.Cl. The molecular formula is C17H28ClN3O2. The second-order valence-electron chi connectivity index (χ2n) is 5.92. The van der Waals surface area contributed by atoms with Crippen molar-refractivity contribution >= 4 is 29.9 Å². The number of benzene rings is 1. The number of nitrogens with one attached hydrogen (secondary N) is 1. The summed E-state index contributed by atoms with van der Waals surface area (Å²) < 4.78 is 0. The minimum atomic E-state index is -0.567. The summed E-state index contributed by atoms with van der Waals surface area (Å²) in [6.45, 7) is 7.81. The molecule has 0 radical (unpaired) electrons. The number of rotatable bonds is 6. The molecule has 0 aromatic heterocycles. The number of anilines is 1. The Hall–Kier alpha value is -1.59. The summed E-state index contributed by atoms with van der Waals surface area (Å²) in [5.41, 5.74) is 8.73. The van der Waals surface area contributed by atoms with E-state index in [-0.39, 0.29) is 36.7 Å². The largest absolute Gasteiger partial charge is 0.335 e. The molecule has 6 heteroatoms. The molecule has 1 rings (SSSR count). The van der Waals surface area contributed by atoms with Crippen molar-refractivity contribution in [3.8, 4) is 0 Å². The van der Waals surface area contributed by atoms with Gasteiger partial charge in [-0.1, -0.05) is 38.5 Å². The van der Waals surface area contributed by atoms with Crippen LogP contribution in [0.25, 0.3) is 0 Å². The molecule has 0 fully saturated rings. The third-order valence-corrected chi connectivity index (χ3v) is 4.04. The number of nitrogens with zero attached hydrogens (tertiary/aromatic N) is 1. The lowest BCUT2D eigenvalue weighted by molar-refractivity contribution is -0.135. The Morgan fingerprint density at radius 2 is 1.78 bits per heavy atom. The van der Waals surface area contributed by atoms with Gasteiger partial charge in [0.25, 0.3) is 0 Å². The van der Waals surface area contributed by atoms with Crippen LogP contribution in [0.4, 0.5) is 5.69 Å². The van der Waals surface area contributed by atoms with E-state index in [1.165, 1.54) is 4.90 Å². The summed E-state index contributed by atoms with van der Waals surface area (Å²) in [5.74, 6) is -0.327. The molecule has 0 aliphatic rings. The average Bonchev–Trinajstić information content (AvgIpc) is 2.48. The molecule has 5 nitrogen and oxygen atoms in total. The lowest BCUT2D eigenvalue weighted by Gasteiger charge is -2.24. The fraction of sp³-hybridized carbons (Fsp3) is 0.529. The highest BCUT2D eigenvalue weighted by Crippen LogP contribution is 2.19. The van der Waals surface area contributed by atoms with Gasteiger partial charge in [0, 0.05) is 12.7 Å². The summed E-state index contributed by atoms with van der Waals surface area (Å²) in [4.78, 5) is 25.7. The number of carbonyl (C=O) groups excluding carboxylic acids is 2. The van der Waals surface area contributed by atoms with Gasteiger partial charge < -0.3 is 16.0 Å². The van der Waals surface area contributed by atoms with Crippen molar-refractivity contribution in [3.05, 3.63) is 29.3 Å². The number of aryl methyl sites for hydroxylation is 2. The summed E-state index contributed by atoms with van der Waals surface area (Å²) in [6.07, 6.45) is 0.829. The number of hydrogen-bond donors (Lipinski definition) is 2. The molecular weight excluding hydrogens is 314 g/mol. The van der Waals surface area contributed by atoms with Crippen LogP contribution in [0.3, 0.4) is 0 Å². The fourth-order valence-electron chi connectivity index (χ4n) is 2.24. The van der Waals surface area contributed by atoms with Crippen LogP contribution in [0.5, 0.6) is 0 Å². The first-order chi connectivity index (χ1) is 10.3. The lowest BCUT2D eigenvalue weighted by atomic mass is 9.99. The van der Waals surface area contributed by atoms with Gasteiger partial charge in [-0.25, -0.2) is 0 Å². The van der Waals surface area contributed by atoms with Crippen molar-refractivity contribution in [1.29, 1.82) is 0 Å². The van der Waals surface area contributed by atoms with E-state index in [9.17, 15) is 9.59 Å². The zero-order chi connectivity index (χ0) is 16.9. The van der Waals surface area contributed by atoms with Gasteiger partial charge in [0.05, 0.1) is 12.6 Å². The topological polar surface area (TPSA) is 75.4 Å². The molecule has 23 heavy (non-hydrogen) atoms. The van der Waals surface area contributed by atoms with Crippen LogP contribution in [-0.2, 0) is 9.59 Å². The maximum atomic E-state index is 12.2. The van der Waals surface area contributed by atoms with E-state index < -0.39 is 6.04 Å². The van der Waals surface area contributed by atoms with Gasteiger partial charge in [-0.05, 0) is 30.9 Å². The Morgan fingerprint density at radius 1 is 1.26 bits per heavy atom. The molecule has 0 aliphatic carbocycles. The van der Waals surface area contributed by atoms with E-state index in [1.54, 1.807) is 7.05 Å². The Kier molecular flexibility index (Phi) is 8.87. The minimum absolute atomic E-state index is 0. The Bertz CT molecular complexity index is 528. The monoisotopic (exact) mass is 341 g/mol. The highest BCUT2D eigenvalue weighted by molar-refractivity contribution is 5.96. The van der Waals surface area contributed by atoms with Crippen LogP contribution >= 0.6 is 12.4 Å². The second-order valence-corrected chi connectivity index (χ2v) is 5.92. The van der Waals surface area contributed by atoms with Gasteiger partial charge in [-0.3, -0.25) is 9.59 Å². The summed E-state index contributed by atoms with van der Waals surface area (Å²) in [5, 5.41) is 2.87. The van der Waals surface area contributed by atoms with Crippen molar-refractivity contribution < 1.29 is 9.59 Å². The Morgan fingerprint density at radius 3 is 2.26 bits per heavy atom. The van der Waals surface area contributed by atoms with E-state index >= 15 is 0 Å². The highest BCUT2D eigenvalue weighted by atomic mass is 35.5. The Labute approximate surface area is 145 Å². The predicted octanol–water partition coefficient (Wildman–Crippen LogP) is 2.50. The van der Waals surface area contributed by atoms with Crippen molar-refractivity contribution in [3.63, 3.8) is 0 Å². The quantitative estimate of drug-likeness (QED) is 0.834. The molecule has 2 atom stereocenters. The number of para-hydroxylation sites is 1. The smallest absolute Gasteiger partial charge is 0.243 e. The number of nitrogens with two attached hydrogens (primary N) is 1. The van der Waals surface area contributed by atoms with E-state index in [0.717, 1.165) is 23.2 Å². The number of halogens is 1. The molecule has 1 aromatic carbocycles. The summed E-state index contributed by atoms with van der Waals surface area (Å²) in [6, 6.07) is 5.26. The molecule has 0 spiro atoms. The molecule has 0 bridgehead atoms. The van der Waals surface area contributed by atoms with Crippen molar-refractivity contribution in [2.75, 3.05) is 18.9 Å². The normalized spacial score (nSPS) is 12.8. The summed E-state index contributed by atoms with van der Waals surface area (Å²) >= 11 is 0. The molecule has 2 unspecified atom stereocenters. The first-order valence-corrected chi connectivity index (χ1v) is 7.64. The molecule has 0 saturated heterocycles. The number of carbonyl (C=O) groups is 2. The highest BCUT2D eigenvalue weighted by Gasteiger charge is 2.24. The Balaban J connectivity index is 0.00000484. The van der Waals surface area contributed by atoms with E-state index in [0.29, 0.717) is 0 Å². The first kappa shape index (κ1) is 21.4. The van der Waals surface area contributed by atoms with Gasteiger partial charge in [-0.2, -0.15) is 0 Å². The molecule has 0 saturated carbocycles. The maximum absolute atomic E-state index is 12.2. The predicted molar refractivity (Wildman–Crippen MR) is 96.9 cm³/mol. The van der Waals surface area contributed by atoms with Crippen LogP contribution in [0.1, 0.15) is 31.4 Å². The van der Waals surface area contributed by atoms with Crippen LogP contribution in [0.15, 0.2) is 18.2 Å². The van der Waals surface area contributed by atoms with Crippen molar-refractivity contribution in [2.24, 2.45) is 11.7 Å². The minimum Gasteiger partial charge on any atom is -0.335 e. The third kappa shape index (κ3) is 5.84. The molecule has 0 heterocycles. The first-order valence-electron chi connectivity index (χ1n) is 7.64. The zero-order valence-corrected chi connectivity index (χ0v) is 15.4. The van der Waals surface area contributed by atoms with E-state index in [2.05, 4.69) is 5.32 Å². The summed E-state index contributed by atoms with van der Waals surface area (Å²) in [7, 11) is 1.61. The van der Waals surface area contributed by atoms with Crippen LogP contribution in [0, 0.1) is 19.8 Å². The molecule has 1 aromatic rings. The van der Waals surface area contributed by atoms with Gasteiger partial charge in [0.1, 0.15) is 0 Å². The van der Waals surface area contributed by atoms with Gasteiger partial charge >= 0.3 is 0 Å². The fourth-order valence-corrected chi connectivity index (χ4v) is 2.24. The van der Waals surface area contributed by atoms with Crippen LogP contribution in [0.2, 0.25) is 0 Å². The van der Waals surface area contributed by atoms with E-state index in [1.807, 2.05) is 45.9 Å². The van der Waals surface area contributed by atoms with Gasteiger partial charge in [-0.15, -0.1) is 12.4 Å². The maximum Gasteiger partial charge on any atom is 0.243 e. The van der Waals surface area contributed by atoms with Gasteiger partial charge in [0.15, 0.2) is 0 Å². The number of hydrogen-bond acceptors (Lipinski definition) is 3. The third-order valence-electron chi connectivity index (χ3n) is 4.04. The lowest BCUT2D eigenvalue weighted by Crippen LogP contribution is -2.47. The van der Waals surface area contributed by atoms with Crippen molar-refractivity contribution in [1.82, 2.24) is 4.90 Å². The second kappa shape index (κ2) is 9.53. The molecule has 2 amide bonds. The van der Waals surface area contributed by atoms with Crippen LogP contribution < -0.4 is 11.1 Å².